The second kappa shape index (κ2) is 8.94. The number of nitrogens with zero attached hydrogens (tertiary/aromatic N) is 3. The summed E-state index contributed by atoms with van der Waals surface area (Å²) in [5.41, 5.74) is 1.09. The van der Waals surface area contributed by atoms with Crippen LogP contribution in [0.2, 0.25) is 0 Å². The van der Waals surface area contributed by atoms with Gasteiger partial charge >= 0.3 is 0 Å². The van der Waals surface area contributed by atoms with Gasteiger partial charge in [-0.25, -0.2) is 9.37 Å². The van der Waals surface area contributed by atoms with Crippen molar-refractivity contribution < 1.29 is 19.1 Å². The van der Waals surface area contributed by atoms with Crippen molar-refractivity contribution in [2.24, 2.45) is 0 Å². The third-order valence-corrected chi connectivity index (χ3v) is 7.49. The van der Waals surface area contributed by atoms with Gasteiger partial charge < -0.3 is 10.0 Å². The highest BCUT2D eigenvalue weighted by Gasteiger charge is 2.26. The Balaban J connectivity index is 1.63. The van der Waals surface area contributed by atoms with Crippen LogP contribution in [0, 0.1) is 5.82 Å². The third-order valence-electron chi connectivity index (χ3n) is 6.62. The molecule has 0 saturated carbocycles. The van der Waals surface area contributed by atoms with Crippen molar-refractivity contribution in [3.8, 4) is 16.9 Å². The van der Waals surface area contributed by atoms with Crippen molar-refractivity contribution in [1.82, 2.24) is 14.3 Å². The SMILES string of the molecule is O=C(c1cc(C(=O)N2CCCC2)c2nc3scc(-c4ccccc4)c3c(=O)n2c1)c1cc(F)ccc1O. The maximum atomic E-state index is 13.9. The van der Waals surface area contributed by atoms with Crippen molar-refractivity contribution >= 4 is 38.9 Å². The number of aromatic hydroxyl groups is 1. The van der Waals surface area contributed by atoms with Crippen LogP contribution in [0.25, 0.3) is 27.0 Å². The molecule has 0 unspecified atom stereocenters. The number of hydrogen-bond acceptors (Lipinski definition) is 6. The average Bonchev–Trinajstić information content (AvgIpc) is 3.60. The van der Waals surface area contributed by atoms with Crippen LogP contribution >= 0.6 is 11.3 Å². The number of phenolic OH excluding ortho intramolecular Hbond substituents is 1. The maximum absolute atomic E-state index is 13.9. The molecule has 0 spiro atoms. The number of carbonyl (C=O) groups excluding carboxylic acids is 2. The average molecular weight is 514 g/mol. The Kier molecular flexibility index (Phi) is 5.57. The van der Waals surface area contributed by atoms with Crippen LogP contribution in [0.4, 0.5) is 4.39 Å². The van der Waals surface area contributed by atoms with E-state index in [9.17, 15) is 23.9 Å². The van der Waals surface area contributed by atoms with Gasteiger partial charge in [-0.2, -0.15) is 0 Å². The highest BCUT2D eigenvalue weighted by Crippen LogP contribution is 2.32. The van der Waals surface area contributed by atoms with Crippen LogP contribution in [-0.4, -0.2) is 44.2 Å². The number of benzene rings is 2. The smallest absolute Gasteiger partial charge is 0.267 e. The zero-order valence-electron chi connectivity index (χ0n) is 19.5. The van der Waals surface area contributed by atoms with E-state index in [1.54, 1.807) is 4.90 Å². The first-order valence-electron chi connectivity index (χ1n) is 11.8. The third kappa shape index (κ3) is 3.88. The fraction of sp³-hybridized carbons (Fsp3) is 0.143. The number of phenols is 1. The van der Waals surface area contributed by atoms with Gasteiger partial charge in [0.15, 0.2) is 11.4 Å². The van der Waals surface area contributed by atoms with E-state index < -0.39 is 22.9 Å². The van der Waals surface area contributed by atoms with Crippen LogP contribution in [0.3, 0.4) is 0 Å². The summed E-state index contributed by atoms with van der Waals surface area (Å²) in [5, 5.41) is 12.5. The van der Waals surface area contributed by atoms with Gasteiger partial charge in [0.2, 0.25) is 0 Å². The first-order valence-corrected chi connectivity index (χ1v) is 12.7. The Morgan fingerprint density at radius 3 is 2.51 bits per heavy atom. The lowest BCUT2D eigenvalue weighted by Gasteiger charge is -2.17. The second-order valence-corrected chi connectivity index (χ2v) is 9.80. The topological polar surface area (TPSA) is 92.0 Å². The summed E-state index contributed by atoms with van der Waals surface area (Å²) in [6.45, 7) is 1.13. The van der Waals surface area contributed by atoms with Crippen LogP contribution in [0.1, 0.15) is 39.1 Å². The van der Waals surface area contributed by atoms with Gasteiger partial charge in [-0.1, -0.05) is 30.3 Å². The van der Waals surface area contributed by atoms with E-state index in [1.807, 2.05) is 35.7 Å². The highest BCUT2D eigenvalue weighted by atomic mass is 32.1. The van der Waals surface area contributed by atoms with Gasteiger partial charge in [0.25, 0.3) is 11.5 Å². The molecular formula is C28H20FN3O4S. The van der Waals surface area contributed by atoms with Gasteiger partial charge in [-0.15, -0.1) is 11.3 Å². The standard InChI is InChI=1S/C28H20FN3O4S/c29-18-8-9-22(33)19(13-18)24(34)17-12-20(27(35)31-10-4-5-11-31)25-30-26-23(28(36)32(25)14-17)21(15-37-26)16-6-2-1-3-7-16/h1-3,6-9,12-15,33H,4-5,10-11H2. The molecule has 0 radical (unpaired) electrons. The predicted molar refractivity (Wildman–Crippen MR) is 139 cm³/mol. The Morgan fingerprint density at radius 1 is 1.00 bits per heavy atom. The predicted octanol–water partition coefficient (Wildman–Crippen LogP) is 4.89. The fourth-order valence-corrected chi connectivity index (χ4v) is 5.70. The highest BCUT2D eigenvalue weighted by molar-refractivity contribution is 7.17. The minimum absolute atomic E-state index is 0.0318. The number of thiophene rings is 1. The summed E-state index contributed by atoms with van der Waals surface area (Å²) in [6.07, 6.45) is 3.04. The van der Waals surface area contributed by atoms with Gasteiger partial charge in [-0.05, 0) is 42.7 Å². The Labute approximate surface area is 214 Å². The lowest BCUT2D eigenvalue weighted by molar-refractivity contribution is 0.0794. The molecule has 1 aliphatic rings. The van der Waals surface area contributed by atoms with E-state index in [0.717, 1.165) is 36.6 Å². The van der Waals surface area contributed by atoms with Crippen molar-refractivity contribution in [3.05, 3.63) is 99.0 Å². The Bertz CT molecular complexity index is 1770. The first kappa shape index (κ1) is 23.1. The van der Waals surface area contributed by atoms with E-state index in [-0.39, 0.29) is 28.2 Å². The van der Waals surface area contributed by atoms with Crippen molar-refractivity contribution in [2.75, 3.05) is 13.1 Å². The molecule has 7 nitrogen and oxygen atoms in total. The summed E-state index contributed by atoms with van der Waals surface area (Å²) in [7, 11) is 0. The number of carbonyl (C=O) groups is 2. The molecule has 1 aliphatic heterocycles. The molecule has 0 atom stereocenters. The fourth-order valence-electron chi connectivity index (χ4n) is 4.76. The van der Waals surface area contributed by atoms with E-state index >= 15 is 0 Å². The molecule has 1 saturated heterocycles. The number of rotatable bonds is 4. The molecule has 0 bridgehead atoms. The molecule has 3 aromatic heterocycles. The Morgan fingerprint density at radius 2 is 1.76 bits per heavy atom. The summed E-state index contributed by atoms with van der Waals surface area (Å²) in [5.74, 6) is -2.14. The van der Waals surface area contributed by atoms with E-state index in [2.05, 4.69) is 0 Å². The van der Waals surface area contributed by atoms with E-state index in [0.29, 0.717) is 28.9 Å². The minimum Gasteiger partial charge on any atom is -0.507 e. The van der Waals surface area contributed by atoms with E-state index in [1.165, 1.54) is 28.0 Å². The van der Waals surface area contributed by atoms with Crippen molar-refractivity contribution in [1.29, 1.82) is 0 Å². The molecule has 5 aromatic rings. The van der Waals surface area contributed by atoms with E-state index in [4.69, 9.17) is 4.98 Å². The molecule has 184 valence electrons. The molecule has 4 heterocycles. The molecular weight excluding hydrogens is 493 g/mol. The molecule has 6 rings (SSSR count). The quantitative estimate of drug-likeness (QED) is 0.346. The molecule has 1 N–H and O–H groups in total. The number of aromatic nitrogens is 2. The minimum atomic E-state index is -0.713. The molecule has 0 aliphatic carbocycles. The Hall–Kier alpha value is -4.37. The van der Waals surface area contributed by atoms with Crippen molar-refractivity contribution in [3.63, 3.8) is 0 Å². The number of fused-ring (bicyclic) bond motifs is 2. The second-order valence-electron chi connectivity index (χ2n) is 8.94. The number of amides is 1. The van der Waals surface area contributed by atoms with Gasteiger partial charge in [-0.3, -0.25) is 18.8 Å². The molecule has 1 amide bonds. The van der Waals surface area contributed by atoms with Gasteiger partial charge in [0.05, 0.1) is 16.5 Å². The van der Waals surface area contributed by atoms with Gasteiger partial charge in [0.1, 0.15) is 16.4 Å². The zero-order valence-corrected chi connectivity index (χ0v) is 20.3. The van der Waals surface area contributed by atoms with Crippen LogP contribution in [0.5, 0.6) is 5.75 Å². The lowest BCUT2D eigenvalue weighted by atomic mass is 10.0. The number of ketones is 1. The van der Waals surface area contributed by atoms with Crippen LogP contribution < -0.4 is 5.56 Å². The summed E-state index contributed by atoms with van der Waals surface area (Å²) >= 11 is 1.31. The molecule has 2 aromatic carbocycles. The monoisotopic (exact) mass is 513 g/mol. The van der Waals surface area contributed by atoms with Crippen LogP contribution in [0.15, 0.2) is 71.0 Å². The molecule has 9 heteroatoms. The molecule has 1 fully saturated rings. The zero-order chi connectivity index (χ0) is 25.7. The number of hydrogen-bond donors (Lipinski definition) is 1. The number of halogens is 1. The normalized spacial score (nSPS) is 13.5. The summed E-state index contributed by atoms with van der Waals surface area (Å²) in [4.78, 5) is 47.6. The summed E-state index contributed by atoms with van der Waals surface area (Å²) < 4.78 is 15.1. The van der Waals surface area contributed by atoms with Gasteiger partial charge in [0, 0.05) is 35.8 Å². The first-order chi connectivity index (χ1) is 17.9. The summed E-state index contributed by atoms with van der Waals surface area (Å²) in [6, 6.07) is 13.9. The maximum Gasteiger partial charge on any atom is 0.267 e. The number of likely N-dealkylation sites (tertiary alicyclic amines) is 1. The van der Waals surface area contributed by atoms with Crippen molar-refractivity contribution in [2.45, 2.75) is 12.8 Å². The number of pyridine rings is 1. The van der Waals surface area contributed by atoms with Crippen LogP contribution in [-0.2, 0) is 0 Å². The lowest BCUT2D eigenvalue weighted by Crippen LogP contribution is -2.30. The molecule has 37 heavy (non-hydrogen) atoms. The largest absolute Gasteiger partial charge is 0.507 e.